The molecule has 1 aliphatic rings. The van der Waals surface area contributed by atoms with Gasteiger partial charge in [0.05, 0.1) is 31.1 Å². The van der Waals surface area contributed by atoms with Gasteiger partial charge >= 0.3 is 0 Å². The number of ether oxygens (including phenoxy) is 1. The van der Waals surface area contributed by atoms with Crippen LogP contribution in [0.2, 0.25) is 0 Å². The van der Waals surface area contributed by atoms with E-state index in [-0.39, 0.29) is 12.1 Å². The number of benzene rings is 1. The van der Waals surface area contributed by atoms with Gasteiger partial charge in [-0.05, 0) is 30.2 Å². The van der Waals surface area contributed by atoms with Crippen LogP contribution in [0.3, 0.4) is 0 Å². The summed E-state index contributed by atoms with van der Waals surface area (Å²) in [5, 5.41) is 15.3. The molecule has 0 saturated heterocycles. The van der Waals surface area contributed by atoms with E-state index in [0.29, 0.717) is 5.88 Å². The molecule has 5 rings (SSSR count). The smallest absolute Gasteiger partial charge is 0.212 e. The average molecular weight is 456 g/mol. The van der Waals surface area contributed by atoms with Crippen molar-refractivity contribution in [2.24, 2.45) is 7.05 Å². The van der Waals surface area contributed by atoms with Crippen LogP contribution in [0, 0.1) is 0 Å². The van der Waals surface area contributed by atoms with Crippen LogP contribution in [-0.4, -0.2) is 46.0 Å². The maximum absolute atomic E-state index is 5.16. The lowest BCUT2D eigenvalue weighted by Crippen LogP contribution is -2.44. The Labute approximate surface area is 199 Å². The number of rotatable bonds is 8. The topological polar surface area (TPSA) is 88.9 Å². The van der Waals surface area contributed by atoms with Crippen LogP contribution >= 0.6 is 0 Å². The lowest BCUT2D eigenvalue weighted by atomic mass is 9.97. The second-order valence-corrected chi connectivity index (χ2v) is 8.46. The Morgan fingerprint density at radius 3 is 2.71 bits per heavy atom. The van der Waals surface area contributed by atoms with E-state index in [1.807, 2.05) is 44.0 Å². The monoisotopic (exact) mass is 455 g/mol. The molecule has 1 aromatic carbocycles. The summed E-state index contributed by atoms with van der Waals surface area (Å²) in [4.78, 5) is 9.03. The molecule has 3 N–H and O–H groups in total. The third kappa shape index (κ3) is 4.87. The molecular formula is C26H29N7O. The van der Waals surface area contributed by atoms with Crippen molar-refractivity contribution in [3.8, 4) is 17.0 Å². The van der Waals surface area contributed by atoms with Gasteiger partial charge in [0.15, 0.2) is 0 Å². The third-order valence-corrected chi connectivity index (χ3v) is 6.11. The fraction of sp³-hybridized carbons (Fsp3) is 0.269. The highest BCUT2D eigenvalue weighted by Crippen LogP contribution is 2.32. The molecule has 8 heteroatoms. The minimum absolute atomic E-state index is 0.118. The van der Waals surface area contributed by atoms with Crippen LogP contribution in [0.15, 0.2) is 73.3 Å². The Morgan fingerprint density at radius 1 is 1.09 bits per heavy atom. The van der Waals surface area contributed by atoms with Crippen LogP contribution in [0.4, 0.5) is 11.5 Å². The van der Waals surface area contributed by atoms with Gasteiger partial charge in [-0.1, -0.05) is 36.4 Å². The van der Waals surface area contributed by atoms with Crippen LogP contribution < -0.4 is 20.7 Å². The molecule has 0 spiro atoms. The number of aromatic nitrogens is 4. The van der Waals surface area contributed by atoms with E-state index >= 15 is 0 Å². The van der Waals surface area contributed by atoms with Crippen molar-refractivity contribution < 1.29 is 4.74 Å². The maximum Gasteiger partial charge on any atom is 0.212 e. The number of aryl methyl sites for hydroxylation is 1. The molecule has 0 unspecified atom stereocenters. The van der Waals surface area contributed by atoms with Crippen molar-refractivity contribution in [1.82, 2.24) is 25.1 Å². The quantitative estimate of drug-likeness (QED) is 0.374. The van der Waals surface area contributed by atoms with E-state index in [9.17, 15) is 0 Å². The maximum atomic E-state index is 5.16. The Bertz CT molecular complexity index is 1220. The van der Waals surface area contributed by atoms with Crippen molar-refractivity contribution in [1.29, 1.82) is 0 Å². The molecule has 3 aromatic heterocycles. The molecule has 0 radical (unpaired) electrons. The van der Waals surface area contributed by atoms with Crippen molar-refractivity contribution in [2.75, 3.05) is 30.8 Å². The molecule has 1 aliphatic heterocycles. The molecule has 34 heavy (non-hydrogen) atoms. The van der Waals surface area contributed by atoms with Gasteiger partial charge in [0, 0.05) is 49.4 Å². The van der Waals surface area contributed by atoms with Crippen LogP contribution in [-0.2, 0) is 13.5 Å². The van der Waals surface area contributed by atoms with Gasteiger partial charge in [-0.15, -0.1) is 0 Å². The van der Waals surface area contributed by atoms with E-state index in [1.165, 1.54) is 11.1 Å². The summed E-state index contributed by atoms with van der Waals surface area (Å²) in [5.74, 6) is 1.50. The summed E-state index contributed by atoms with van der Waals surface area (Å²) in [5.41, 5.74) is 5.52. The molecule has 0 aliphatic carbocycles. The summed E-state index contributed by atoms with van der Waals surface area (Å²) in [6, 6.07) is 16.9. The lowest BCUT2D eigenvalue weighted by molar-refractivity contribution is 0.397. The summed E-state index contributed by atoms with van der Waals surface area (Å²) in [6.07, 6.45) is 8.50. The summed E-state index contributed by atoms with van der Waals surface area (Å²) in [7, 11) is 3.55. The van der Waals surface area contributed by atoms with E-state index in [0.717, 1.165) is 42.1 Å². The summed E-state index contributed by atoms with van der Waals surface area (Å²) >= 11 is 0. The van der Waals surface area contributed by atoms with E-state index in [2.05, 4.69) is 62.4 Å². The average Bonchev–Trinajstić information content (AvgIpc) is 3.33. The highest BCUT2D eigenvalue weighted by atomic mass is 16.5. The van der Waals surface area contributed by atoms with Gasteiger partial charge in [-0.25, -0.2) is 9.97 Å². The Morgan fingerprint density at radius 2 is 1.97 bits per heavy atom. The Hall–Kier alpha value is -3.91. The number of nitrogens with one attached hydrogen (secondary N) is 3. The van der Waals surface area contributed by atoms with Gasteiger partial charge in [-0.2, -0.15) is 5.10 Å². The molecule has 0 saturated carbocycles. The number of nitrogens with zero attached hydrogens (tertiary/aromatic N) is 4. The highest BCUT2D eigenvalue weighted by molar-refractivity contribution is 5.75. The first-order valence-electron chi connectivity index (χ1n) is 11.5. The van der Waals surface area contributed by atoms with Gasteiger partial charge in [-0.3, -0.25) is 4.68 Å². The summed E-state index contributed by atoms with van der Waals surface area (Å²) in [6.45, 7) is 1.60. The molecule has 0 bridgehead atoms. The highest BCUT2D eigenvalue weighted by Gasteiger charge is 2.27. The Balaban J connectivity index is 1.30. The number of methoxy groups -OCH3 is 1. The molecule has 2 atom stereocenters. The first kappa shape index (κ1) is 21.9. The third-order valence-electron chi connectivity index (χ3n) is 6.11. The first-order valence-corrected chi connectivity index (χ1v) is 11.5. The van der Waals surface area contributed by atoms with Gasteiger partial charge in [0.2, 0.25) is 5.88 Å². The van der Waals surface area contributed by atoms with Gasteiger partial charge in [0.1, 0.15) is 5.82 Å². The zero-order valence-corrected chi connectivity index (χ0v) is 19.4. The number of pyridine rings is 2. The van der Waals surface area contributed by atoms with Crippen molar-refractivity contribution >= 4 is 11.5 Å². The first-order chi connectivity index (χ1) is 16.7. The minimum Gasteiger partial charge on any atom is -0.481 e. The standard InChI is InChI=1S/C26H29N7O/c1-33-17-21(15-31-33)20-12-22-26(30-14-20)32-23(16-28-22)25(19-6-4-3-5-7-19)27-11-10-18-8-9-24(34-2)29-13-18/h3-9,12-15,17,23,25,27-28H,10-11,16H2,1-2H3,(H,30,32)/t23-,25-/m0/s1. The minimum atomic E-state index is 0.118. The fourth-order valence-corrected chi connectivity index (χ4v) is 4.29. The van der Waals surface area contributed by atoms with Gasteiger partial charge < -0.3 is 20.7 Å². The second kappa shape index (κ2) is 9.93. The molecule has 8 nitrogen and oxygen atoms in total. The predicted molar refractivity (Wildman–Crippen MR) is 134 cm³/mol. The number of hydrogen-bond donors (Lipinski definition) is 3. The van der Waals surface area contributed by atoms with Gasteiger partial charge in [0.25, 0.3) is 0 Å². The molecule has 0 fully saturated rings. The number of anilines is 2. The molecule has 0 amide bonds. The van der Waals surface area contributed by atoms with Crippen molar-refractivity contribution in [3.05, 3.63) is 84.4 Å². The fourth-order valence-electron chi connectivity index (χ4n) is 4.29. The second-order valence-electron chi connectivity index (χ2n) is 8.46. The largest absolute Gasteiger partial charge is 0.481 e. The molecule has 4 aromatic rings. The zero-order chi connectivity index (χ0) is 23.3. The zero-order valence-electron chi connectivity index (χ0n) is 19.4. The Kier molecular flexibility index (Phi) is 6.40. The van der Waals surface area contributed by atoms with Crippen LogP contribution in [0.25, 0.3) is 11.1 Å². The lowest BCUT2D eigenvalue weighted by Gasteiger charge is -2.34. The summed E-state index contributed by atoms with van der Waals surface area (Å²) < 4.78 is 6.96. The molecule has 174 valence electrons. The molecular weight excluding hydrogens is 426 g/mol. The molecule has 4 heterocycles. The van der Waals surface area contributed by atoms with Crippen LogP contribution in [0.1, 0.15) is 17.2 Å². The van der Waals surface area contributed by atoms with Crippen molar-refractivity contribution in [3.63, 3.8) is 0 Å². The normalized spacial score (nSPS) is 15.6. The van der Waals surface area contributed by atoms with E-state index < -0.39 is 0 Å². The SMILES string of the molecule is COc1ccc(CCN[C@@H](c2ccccc2)[C@@H]2CNc3cc(-c4cnn(C)c4)cnc3N2)cn1. The van der Waals surface area contributed by atoms with Crippen LogP contribution in [0.5, 0.6) is 5.88 Å². The number of hydrogen-bond acceptors (Lipinski definition) is 7. The number of fused-ring (bicyclic) bond motifs is 1. The van der Waals surface area contributed by atoms with E-state index in [1.54, 1.807) is 11.8 Å². The van der Waals surface area contributed by atoms with Crippen molar-refractivity contribution in [2.45, 2.75) is 18.5 Å². The predicted octanol–water partition coefficient (Wildman–Crippen LogP) is 3.67. The van der Waals surface area contributed by atoms with E-state index in [4.69, 9.17) is 9.72 Å².